The molecule has 1 unspecified atom stereocenters. The molecule has 0 saturated carbocycles. The van der Waals surface area contributed by atoms with Gasteiger partial charge in [0, 0.05) is 41.9 Å². The summed E-state index contributed by atoms with van der Waals surface area (Å²) in [5.41, 5.74) is 2.71. The molecular weight excluding hydrogens is 489 g/mol. The molecular formula is C30H33F3N4O. The first kappa shape index (κ1) is 27.4. The highest BCUT2D eigenvalue weighted by Gasteiger charge is 2.13. The molecule has 0 radical (unpaired) electrons. The molecule has 5 nitrogen and oxygen atoms in total. The molecule has 4 rings (SSSR count). The van der Waals surface area contributed by atoms with Gasteiger partial charge in [-0.3, -0.25) is 10.1 Å². The molecule has 2 aromatic heterocycles. The molecule has 4 aromatic rings. The number of pyridine rings is 1. The number of rotatable bonds is 12. The van der Waals surface area contributed by atoms with E-state index >= 15 is 4.39 Å². The van der Waals surface area contributed by atoms with E-state index in [4.69, 9.17) is 4.74 Å². The van der Waals surface area contributed by atoms with E-state index in [-0.39, 0.29) is 0 Å². The summed E-state index contributed by atoms with van der Waals surface area (Å²) in [5.74, 6) is -1.32. The van der Waals surface area contributed by atoms with Crippen molar-refractivity contribution in [3.8, 4) is 5.75 Å². The number of ether oxygens (including phenoxy) is 1. The van der Waals surface area contributed by atoms with Crippen LogP contribution in [-0.4, -0.2) is 21.2 Å². The largest absolute Gasteiger partial charge is 0.486 e. The Morgan fingerprint density at radius 1 is 1.03 bits per heavy atom. The molecule has 0 bridgehead atoms. The van der Waals surface area contributed by atoms with E-state index in [9.17, 15) is 8.78 Å². The molecule has 0 aliphatic rings. The van der Waals surface area contributed by atoms with E-state index in [0.29, 0.717) is 46.1 Å². The average Bonchev–Trinajstić information content (AvgIpc) is 3.29. The fourth-order valence-corrected chi connectivity index (χ4v) is 4.45. The van der Waals surface area contributed by atoms with Gasteiger partial charge in [-0.2, -0.15) is 5.10 Å². The van der Waals surface area contributed by atoms with Crippen LogP contribution in [0.15, 0.2) is 54.7 Å². The van der Waals surface area contributed by atoms with E-state index in [1.54, 1.807) is 31.2 Å². The van der Waals surface area contributed by atoms with Crippen LogP contribution in [-0.2, 0) is 6.54 Å². The average molecular weight is 523 g/mol. The van der Waals surface area contributed by atoms with Gasteiger partial charge in [-0.1, -0.05) is 26.7 Å². The lowest BCUT2D eigenvalue weighted by atomic mass is 10.1. The molecule has 0 amide bonds. The predicted molar refractivity (Wildman–Crippen MR) is 145 cm³/mol. The van der Waals surface area contributed by atoms with Crippen molar-refractivity contribution < 1.29 is 17.9 Å². The third kappa shape index (κ3) is 7.01. The zero-order chi connectivity index (χ0) is 27.1. The fraction of sp³-hybridized carbons (Fsp3) is 0.333. The Hall–Kier alpha value is -3.65. The van der Waals surface area contributed by atoms with Crippen LogP contribution in [0.4, 0.5) is 13.2 Å². The smallest absolute Gasteiger partial charge is 0.134 e. The van der Waals surface area contributed by atoms with Crippen molar-refractivity contribution in [2.75, 3.05) is 0 Å². The van der Waals surface area contributed by atoms with E-state index in [1.165, 1.54) is 24.4 Å². The molecule has 0 aliphatic carbocycles. The Balaban J connectivity index is 1.47. The monoisotopic (exact) mass is 522 g/mol. The molecule has 38 heavy (non-hydrogen) atoms. The van der Waals surface area contributed by atoms with Crippen molar-refractivity contribution in [3.05, 3.63) is 88.9 Å². The SMILES string of the molecule is CCCC(CCC)NCc1ccc(/C(F)=C/c2[nH]nc3ccc(OC(C)c4cc(F)cc(F)c4)cc23)cn1. The Morgan fingerprint density at radius 3 is 2.42 bits per heavy atom. The number of halogens is 3. The Morgan fingerprint density at radius 2 is 1.76 bits per heavy atom. The third-order valence-electron chi connectivity index (χ3n) is 6.44. The van der Waals surface area contributed by atoms with Crippen molar-refractivity contribution in [2.45, 2.75) is 65.1 Å². The zero-order valence-corrected chi connectivity index (χ0v) is 21.9. The minimum Gasteiger partial charge on any atom is -0.486 e. The van der Waals surface area contributed by atoms with Gasteiger partial charge in [-0.05, 0) is 67.8 Å². The van der Waals surface area contributed by atoms with Crippen LogP contribution in [0.2, 0.25) is 0 Å². The van der Waals surface area contributed by atoms with Crippen LogP contribution in [0.3, 0.4) is 0 Å². The molecule has 0 saturated heterocycles. The van der Waals surface area contributed by atoms with Crippen LogP contribution in [0.25, 0.3) is 22.8 Å². The second kappa shape index (κ2) is 12.7. The van der Waals surface area contributed by atoms with Crippen molar-refractivity contribution in [1.29, 1.82) is 0 Å². The maximum Gasteiger partial charge on any atom is 0.134 e. The van der Waals surface area contributed by atoms with Gasteiger partial charge >= 0.3 is 0 Å². The Kier molecular flexibility index (Phi) is 9.18. The number of benzene rings is 2. The summed E-state index contributed by atoms with van der Waals surface area (Å²) in [5, 5.41) is 11.3. The first-order valence-electron chi connectivity index (χ1n) is 13.0. The lowest BCUT2D eigenvalue weighted by Gasteiger charge is -2.17. The maximum atomic E-state index is 15.1. The summed E-state index contributed by atoms with van der Waals surface area (Å²) >= 11 is 0. The summed E-state index contributed by atoms with van der Waals surface area (Å²) in [7, 11) is 0. The number of nitrogens with one attached hydrogen (secondary N) is 2. The predicted octanol–water partition coefficient (Wildman–Crippen LogP) is 7.90. The van der Waals surface area contributed by atoms with Gasteiger partial charge in [-0.15, -0.1) is 0 Å². The number of aromatic amines is 1. The highest BCUT2D eigenvalue weighted by Crippen LogP contribution is 2.29. The minimum absolute atomic E-state index is 0.365. The van der Waals surface area contributed by atoms with E-state index in [1.807, 2.05) is 6.07 Å². The van der Waals surface area contributed by atoms with Gasteiger partial charge < -0.3 is 10.1 Å². The minimum atomic E-state index is -0.667. The number of aromatic nitrogens is 3. The Labute approximate surface area is 221 Å². The van der Waals surface area contributed by atoms with Crippen molar-refractivity contribution in [3.63, 3.8) is 0 Å². The molecule has 0 fully saturated rings. The van der Waals surface area contributed by atoms with Crippen LogP contribution < -0.4 is 10.1 Å². The summed E-state index contributed by atoms with van der Waals surface area (Å²) in [6, 6.07) is 12.5. The maximum absolute atomic E-state index is 15.1. The second-order valence-electron chi connectivity index (χ2n) is 9.46. The quantitative estimate of drug-likeness (QED) is 0.199. The summed E-state index contributed by atoms with van der Waals surface area (Å²) in [6.07, 6.45) is 6.80. The van der Waals surface area contributed by atoms with Crippen LogP contribution >= 0.6 is 0 Å². The lowest BCUT2D eigenvalue weighted by molar-refractivity contribution is 0.226. The lowest BCUT2D eigenvalue weighted by Crippen LogP contribution is -2.28. The first-order chi connectivity index (χ1) is 18.4. The standard InChI is InChI=1S/C30H33F3N4O/c1-4-6-24(7-5-2)35-18-25-9-8-20(17-34-25)28(33)16-30-27-15-26(10-11-29(27)36-37-30)38-19(3)21-12-22(31)14-23(32)13-21/h8-17,19,24,35H,4-7,18H2,1-3H3,(H,36,37)/b28-16-. The molecule has 200 valence electrons. The summed E-state index contributed by atoms with van der Waals surface area (Å²) in [4.78, 5) is 4.43. The van der Waals surface area contributed by atoms with E-state index < -0.39 is 23.6 Å². The first-order valence-corrected chi connectivity index (χ1v) is 13.0. The normalized spacial score (nSPS) is 12.9. The van der Waals surface area contributed by atoms with Crippen LogP contribution in [0, 0.1) is 11.6 Å². The Bertz CT molecular complexity index is 1360. The number of fused-ring (bicyclic) bond motifs is 1. The van der Waals surface area contributed by atoms with Crippen LogP contribution in [0.1, 0.15) is 75.1 Å². The highest BCUT2D eigenvalue weighted by molar-refractivity contribution is 5.91. The van der Waals surface area contributed by atoms with Crippen LogP contribution in [0.5, 0.6) is 5.75 Å². The second-order valence-corrected chi connectivity index (χ2v) is 9.46. The number of hydrogen-bond donors (Lipinski definition) is 2. The van der Waals surface area contributed by atoms with Gasteiger partial charge in [-0.25, -0.2) is 13.2 Å². The topological polar surface area (TPSA) is 62.8 Å². The molecule has 1 atom stereocenters. The summed E-state index contributed by atoms with van der Waals surface area (Å²) < 4.78 is 48.2. The highest BCUT2D eigenvalue weighted by atomic mass is 19.1. The van der Waals surface area contributed by atoms with Gasteiger partial charge in [0.1, 0.15) is 29.3 Å². The number of hydrogen-bond acceptors (Lipinski definition) is 4. The van der Waals surface area contributed by atoms with Gasteiger partial charge in [0.25, 0.3) is 0 Å². The van der Waals surface area contributed by atoms with E-state index in [0.717, 1.165) is 37.4 Å². The van der Waals surface area contributed by atoms with Crippen molar-refractivity contribution in [1.82, 2.24) is 20.5 Å². The molecule has 8 heteroatoms. The van der Waals surface area contributed by atoms with Crippen molar-refractivity contribution in [2.24, 2.45) is 0 Å². The van der Waals surface area contributed by atoms with Gasteiger partial charge in [0.05, 0.1) is 16.9 Å². The summed E-state index contributed by atoms with van der Waals surface area (Å²) in [6.45, 7) is 6.71. The van der Waals surface area contributed by atoms with E-state index in [2.05, 4.69) is 34.3 Å². The fourth-order valence-electron chi connectivity index (χ4n) is 4.45. The number of nitrogens with zero attached hydrogens (tertiary/aromatic N) is 2. The number of H-pyrrole nitrogens is 1. The molecule has 2 heterocycles. The molecule has 2 N–H and O–H groups in total. The third-order valence-corrected chi connectivity index (χ3v) is 6.44. The zero-order valence-electron chi connectivity index (χ0n) is 21.9. The van der Waals surface area contributed by atoms with Gasteiger partial charge in [0.2, 0.25) is 0 Å². The molecule has 2 aromatic carbocycles. The molecule has 0 spiro atoms. The van der Waals surface area contributed by atoms with Gasteiger partial charge in [0.15, 0.2) is 0 Å². The molecule has 0 aliphatic heterocycles. The van der Waals surface area contributed by atoms with Crippen molar-refractivity contribution >= 4 is 22.8 Å².